The Balaban J connectivity index is 1.73. The topological polar surface area (TPSA) is 102 Å². The molecular formula is C23H20ClN5O3. The average Bonchev–Trinajstić information content (AvgIpc) is 3.26. The van der Waals surface area contributed by atoms with E-state index >= 15 is 0 Å². The molecule has 0 saturated heterocycles. The van der Waals surface area contributed by atoms with Gasteiger partial charge in [0.1, 0.15) is 6.10 Å². The number of hydrogen-bond donors (Lipinski definition) is 2. The van der Waals surface area contributed by atoms with Crippen LogP contribution in [0, 0.1) is 0 Å². The van der Waals surface area contributed by atoms with Gasteiger partial charge in [-0.1, -0.05) is 54.1 Å². The van der Waals surface area contributed by atoms with E-state index < -0.39 is 12.2 Å². The summed E-state index contributed by atoms with van der Waals surface area (Å²) in [5.41, 5.74) is 3.09. The van der Waals surface area contributed by atoms with Crippen molar-refractivity contribution in [1.82, 2.24) is 25.1 Å². The smallest absolute Gasteiger partial charge is 0.404 e. The van der Waals surface area contributed by atoms with E-state index in [0.29, 0.717) is 29.0 Å². The van der Waals surface area contributed by atoms with Crippen LogP contribution in [-0.2, 0) is 11.3 Å². The largest absolute Gasteiger partial charge is 0.465 e. The maximum atomic E-state index is 11.2. The molecule has 1 amide bonds. The van der Waals surface area contributed by atoms with Gasteiger partial charge in [-0.3, -0.25) is 0 Å². The Morgan fingerprint density at radius 1 is 1.06 bits per heavy atom. The lowest BCUT2D eigenvalue weighted by molar-refractivity contribution is 0.0356. The average molecular weight is 450 g/mol. The minimum absolute atomic E-state index is 0.0285. The van der Waals surface area contributed by atoms with Gasteiger partial charge in [-0.2, -0.15) is 9.78 Å². The van der Waals surface area contributed by atoms with E-state index in [1.807, 2.05) is 48.5 Å². The van der Waals surface area contributed by atoms with Crippen LogP contribution in [-0.4, -0.2) is 37.5 Å². The fraction of sp³-hybridized carbons (Fsp3) is 0.130. The van der Waals surface area contributed by atoms with Crippen LogP contribution in [0.1, 0.15) is 17.4 Å². The van der Waals surface area contributed by atoms with Gasteiger partial charge in [-0.25, -0.2) is 14.8 Å². The normalized spacial score (nSPS) is 11.8. The summed E-state index contributed by atoms with van der Waals surface area (Å²) in [6, 6.07) is 20.5. The third-order valence-corrected chi connectivity index (χ3v) is 4.93. The highest BCUT2D eigenvalue weighted by molar-refractivity contribution is 6.30. The number of benzene rings is 2. The molecule has 0 bridgehead atoms. The number of ether oxygens (including phenoxy) is 1. The Kier molecular flexibility index (Phi) is 6.74. The Hall–Kier alpha value is -3.75. The van der Waals surface area contributed by atoms with Crippen LogP contribution in [0.2, 0.25) is 5.02 Å². The molecule has 0 radical (unpaired) electrons. The minimum Gasteiger partial charge on any atom is -0.465 e. The lowest BCUT2D eigenvalue weighted by Crippen LogP contribution is -2.29. The quantitative estimate of drug-likeness (QED) is 0.410. The Morgan fingerprint density at radius 3 is 2.47 bits per heavy atom. The van der Waals surface area contributed by atoms with Gasteiger partial charge in [-0.15, -0.1) is 0 Å². The molecule has 9 heteroatoms. The van der Waals surface area contributed by atoms with Gasteiger partial charge in [0.05, 0.1) is 24.5 Å². The van der Waals surface area contributed by atoms with Gasteiger partial charge in [-0.05, 0) is 29.8 Å². The highest BCUT2D eigenvalue weighted by Crippen LogP contribution is 2.27. The number of amides is 1. The van der Waals surface area contributed by atoms with Crippen LogP contribution in [0.4, 0.5) is 4.79 Å². The van der Waals surface area contributed by atoms with Crippen LogP contribution in [0.25, 0.3) is 17.2 Å². The first-order valence-corrected chi connectivity index (χ1v) is 10.2. The second-order valence-corrected chi connectivity index (χ2v) is 7.33. The first-order chi connectivity index (χ1) is 15.6. The molecule has 0 spiro atoms. The molecule has 4 aromatic rings. The highest BCUT2D eigenvalue weighted by atomic mass is 35.5. The van der Waals surface area contributed by atoms with Gasteiger partial charge >= 0.3 is 6.09 Å². The van der Waals surface area contributed by atoms with Crippen molar-refractivity contribution in [3.63, 3.8) is 0 Å². The van der Waals surface area contributed by atoms with Gasteiger partial charge < -0.3 is 15.2 Å². The van der Waals surface area contributed by atoms with Gasteiger partial charge in [0.2, 0.25) is 0 Å². The van der Waals surface area contributed by atoms with E-state index in [2.05, 4.69) is 20.4 Å². The third kappa shape index (κ3) is 5.29. The molecule has 0 aliphatic rings. The maximum absolute atomic E-state index is 11.2. The fourth-order valence-electron chi connectivity index (χ4n) is 3.15. The monoisotopic (exact) mass is 449 g/mol. The molecule has 0 aliphatic carbocycles. The number of nitrogens with one attached hydrogen (secondary N) is 1. The summed E-state index contributed by atoms with van der Waals surface area (Å²) in [7, 11) is 0. The van der Waals surface area contributed by atoms with E-state index in [9.17, 15) is 4.79 Å². The standard InChI is InChI=1S/C23H20ClN5O3/c24-18-9-7-17(8-10-18)19-13-20(29(28-19)22-25-11-4-12-26-22)21(14-27-23(30)31)32-15-16-5-2-1-3-6-16/h1-13,21,27H,14-15H2,(H,30,31). The summed E-state index contributed by atoms with van der Waals surface area (Å²) >= 11 is 6.02. The summed E-state index contributed by atoms with van der Waals surface area (Å²) in [4.78, 5) is 19.8. The second-order valence-electron chi connectivity index (χ2n) is 6.89. The predicted octanol–water partition coefficient (Wildman–Crippen LogP) is 4.51. The molecule has 0 aliphatic heterocycles. The van der Waals surface area contributed by atoms with Gasteiger partial charge in [0, 0.05) is 23.0 Å². The van der Waals surface area contributed by atoms with E-state index in [-0.39, 0.29) is 6.54 Å². The van der Waals surface area contributed by atoms with Crippen LogP contribution in [0.5, 0.6) is 0 Å². The molecule has 2 heterocycles. The molecule has 2 aromatic carbocycles. The maximum Gasteiger partial charge on any atom is 0.404 e. The number of rotatable bonds is 8. The minimum atomic E-state index is -1.14. The van der Waals surface area contributed by atoms with Crippen LogP contribution in [0.15, 0.2) is 79.1 Å². The summed E-state index contributed by atoms with van der Waals surface area (Å²) in [5.74, 6) is 0.353. The SMILES string of the molecule is O=C(O)NCC(OCc1ccccc1)c1cc(-c2ccc(Cl)cc2)nn1-c1ncccn1. The molecule has 32 heavy (non-hydrogen) atoms. The highest BCUT2D eigenvalue weighted by Gasteiger charge is 2.23. The summed E-state index contributed by atoms with van der Waals surface area (Å²) in [6.07, 6.45) is 1.46. The number of hydrogen-bond acceptors (Lipinski definition) is 5. The zero-order valence-corrected chi connectivity index (χ0v) is 17.7. The van der Waals surface area contributed by atoms with Crippen molar-refractivity contribution in [2.24, 2.45) is 0 Å². The molecule has 8 nitrogen and oxygen atoms in total. The van der Waals surface area contributed by atoms with Crippen LogP contribution < -0.4 is 5.32 Å². The Bertz CT molecular complexity index is 1170. The fourth-order valence-corrected chi connectivity index (χ4v) is 3.27. The van der Waals surface area contributed by atoms with E-state index in [1.165, 1.54) is 0 Å². The zero-order valence-electron chi connectivity index (χ0n) is 16.9. The van der Waals surface area contributed by atoms with Crippen LogP contribution in [0.3, 0.4) is 0 Å². The lowest BCUT2D eigenvalue weighted by Gasteiger charge is -2.19. The van der Waals surface area contributed by atoms with Crippen molar-refractivity contribution in [3.05, 3.63) is 95.4 Å². The van der Waals surface area contributed by atoms with E-state index in [4.69, 9.17) is 21.4 Å². The van der Waals surface area contributed by atoms with E-state index in [1.54, 1.807) is 35.3 Å². The van der Waals surface area contributed by atoms with Crippen molar-refractivity contribution in [2.75, 3.05) is 6.54 Å². The van der Waals surface area contributed by atoms with Gasteiger partial charge in [0.15, 0.2) is 0 Å². The second kappa shape index (κ2) is 10.0. The molecule has 0 fully saturated rings. The Morgan fingerprint density at radius 2 is 1.78 bits per heavy atom. The summed E-state index contributed by atoms with van der Waals surface area (Å²) < 4.78 is 7.70. The molecule has 1 unspecified atom stereocenters. The molecule has 1 atom stereocenters. The number of carboxylic acid groups (broad SMARTS) is 1. The van der Waals surface area contributed by atoms with Crippen LogP contribution >= 0.6 is 11.6 Å². The van der Waals surface area contributed by atoms with Crippen molar-refractivity contribution >= 4 is 17.7 Å². The number of nitrogens with zero attached hydrogens (tertiary/aromatic N) is 4. The summed E-state index contributed by atoms with van der Waals surface area (Å²) in [5, 5.41) is 16.9. The number of carbonyl (C=O) groups is 1. The van der Waals surface area contributed by atoms with E-state index in [0.717, 1.165) is 11.1 Å². The Labute approximate surface area is 189 Å². The number of aromatic nitrogens is 4. The molecule has 2 N–H and O–H groups in total. The first-order valence-electron chi connectivity index (χ1n) is 9.86. The summed E-state index contributed by atoms with van der Waals surface area (Å²) in [6.45, 7) is 0.324. The van der Waals surface area contributed by atoms with Crippen molar-refractivity contribution in [2.45, 2.75) is 12.7 Å². The molecule has 2 aromatic heterocycles. The van der Waals surface area contributed by atoms with Gasteiger partial charge in [0.25, 0.3) is 5.95 Å². The molecule has 4 rings (SSSR count). The van der Waals surface area contributed by atoms with Crippen molar-refractivity contribution in [1.29, 1.82) is 0 Å². The third-order valence-electron chi connectivity index (χ3n) is 4.68. The molecule has 162 valence electrons. The lowest BCUT2D eigenvalue weighted by atomic mass is 10.1. The first kappa shape index (κ1) is 21.5. The predicted molar refractivity (Wildman–Crippen MR) is 120 cm³/mol. The van der Waals surface area contributed by atoms with Crippen molar-refractivity contribution < 1.29 is 14.6 Å². The molecule has 0 saturated carbocycles. The number of halogens is 1. The molecular weight excluding hydrogens is 430 g/mol. The van der Waals surface area contributed by atoms with Crippen molar-refractivity contribution in [3.8, 4) is 17.2 Å². The zero-order chi connectivity index (χ0) is 22.3.